The number of hydrogen-bond donors (Lipinski definition) is 1. The Kier molecular flexibility index (Phi) is 5.39. The number of halogens is 3. The lowest BCUT2D eigenvalue weighted by Crippen LogP contribution is -2.16. The number of rotatable bonds is 6. The van der Waals surface area contributed by atoms with Crippen LogP contribution >= 0.6 is 23.1 Å². The number of alkyl halides is 3. The molecular formula is C15H11F3N4OS2. The van der Waals surface area contributed by atoms with E-state index in [0.717, 1.165) is 10.0 Å². The van der Waals surface area contributed by atoms with E-state index in [1.165, 1.54) is 47.4 Å². The smallest absolute Gasteiger partial charge is 0.406 e. The van der Waals surface area contributed by atoms with E-state index < -0.39 is 6.36 Å². The number of thioether (sulfide) groups is 1. The van der Waals surface area contributed by atoms with E-state index in [0.29, 0.717) is 16.6 Å². The molecule has 2 heterocycles. The Morgan fingerprint density at radius 3 is 2.56 bits per heavy atom. The molecule has 0 aliphatic carbocycles. The minimum absolute atomic E-state index is 0.276. The van der Waals surface area contributed by atoms with Crippen LogP contribution in [0.5, 0.6) is 5.75 Å². The van der Waals surface area contributed by atoms with E-state index in [1.54, 1.807) is 6.20 Å². The topological polar surface area (TPSA) is 59.9 Å². The third-order valence-electron chi connectivity index (χ3n) is 2.82. The molecule has 130 valence electrons. The van der Waals surface area contributed by atoms with Crippen molar-refractivity contribution in [3.8, 4) is 5.75 Å². The Labute approximate surface area is 149 Å². The molecule has 0 aliphatic heterocycles. The zero-order chi connectivity index (χ0) is 17.7. The van der Waals surface area contributed by atoms with Crippen molar-refractivity contribution in [1.82, 2.24) is 15.2 Å². The van der Waals surface area contributed by atoms with Gasteiger partial charge in [0, 0.05) is 17.6 Å². The van der Waals surface area contributed by atoms with Gasteiger partial charge in [0.15, 0.2) is 4.34 Å². The molecule has 10 heteroatoms. The normalized spacial score (nSPS) is 11.3. The minimum atomic E-state index is -4.70. The highest BCUT2D eigenvalue weighted by molar-refractivity contribution is 8.00. The third-order valence-corrected chi connectivity index (χ3v) is 4.82. The highest BCUT2D eigenvalue weighted by Crippen LogP contribution is 2.30. The zero-order valence-corrected chi connectivity index (χ0v) is 14.2. The molecule has 0 spiro atoms. The molecule has 0 saturated heterocycles. The quantitative estimate of drug-likeness (QED) is 0.612. The van der Waals surface area contributed by atoms with Gasteiger partial charge in [0.05, 0.1) is 5.69 Å². The first-order valence-electron chi connectivity index (χ1n) is 6.97. The van der Waals surface area contributed by atoms with Crippen molar-refractivity contribution in [2.75, 3.05) is 5.32 Å². The Morgan fingerprint density at radius 2 is 1.88 bits per heavy atom. The van der Waals surface area contributed by atoms with Crippen molar-refractivity contribution in [2.24, 2.45) is 0 Å². The summed E-state index contributed by atoms with van der Waals surface area (Å²) in [6.07, 6.45) is -2.97. The maximum Gasteiger partial charge on any atom is 0.573 e. The molecular weight excluding hydrogens is 373 g/mol. The van der Waals surface area contributed by atoms with Crippen molar-refractivity contribution in [1.29, 1.82) is 0 Å². The number of hydrogen-bond acceptors (Lipinski definition) is 7. The summed E-state index contributed by atoms with van der Waals surface area (Å²) in [5.74, 6) is 0.404. The molecule has 3 rings (SSSR count). The molecule has 0 saturated carbocycles. The van der Waals surface area contributed by atoms with Crippen LogP contribution < -0.4 is 10.1 Å². The number of benzene rings is 1. The van der Waals surface area contributed by atoms with Gasteiger partial charge in [-0.15, -0.1) is 23.4 Å². The Balaban J connectivity index is 1.56. The number of pyridine rings is 1. The molecule has 0 fully saturated rings. The van der Waals surface area contributed by atoms with Crippen LogP contribution in [-0.4, -0.2) is 21.5 Å². The molecule has 0 atom stereocenters. The fourth-order valence-corrected chi connectivity index (χ4v) is 3.49. The Hall–Kier alpha value is -2.33. The van der Waals surface area contributed by atoms with Crippen LogP contribution in [0.3, 0.4) is 0 Å². The van der Waals surface area contributed by atoms with E-state index in [1.807, 2.05) is 18.2 Å². The van der Waals surface area contributed by atoms with Gasteiger partial charge in [-0.05, 0) is 36.4 Å². The van der Waals surface area contributed by atoms with Crippen LogP contribution in [0.1, 0.15) is 5.69 Å². The summed E-state index contributed by atoms with van der Waals surface area (Å²) < 4.78 is 41.0. The molecule has 1 aromatic carbocycles. The van der Waals surface area contributed by atoms with Gasteiger partial charge in [-0.2, -0.15) is 0 Å². The van der Waals surface area contributed by atoms with Gasteiger partial charge < -0.3 is 10.1 Å². The molecule has 3 aromatic rings. The predicted octanol–water partition coefficient (Wildman–Crippen LogP) is 4.87. The molecule has 0 aliphatic rings. The SMILES string of the molecule is FC(F)(F)Oc1ccc(Nc2nnc(SCc3ccccn3)s2)cc1. The highest BCUT2D eigenvalue weighted by atomic mass is 32.2. The zero-order valence-electron chi connectivity index (χ0n) is 12.5. The van der Waals surface area contributed by atoms with E-state index in [4.69, 9.17) is 0 Å². The largest absolute Gasteiger partial charge is 0.573 e. The lowest BCUT2D eigenvalue weighted by molar-refractivity contribution is -0.274. The van der Waals surface area contributed by atoms with Crippen LogP contribution in [0.2, 0.25) is 0 Å². The second-order valence-corrected chi connectivity index (χ2v) is 6.88. The molecule has 0 unspecified atom stereocenters. The first kappa shape index (κ1) is 17.5. The molecule has 1 N–H and O–H groups in total. The van der Waals surface area contributed by atoms with Gasteiger partial charge in [0.2, 0.25) is 5.13 Å². The lowest BCUT2D eigenvalue weighted by atomic mass is 10.3. The number of nitrogens with one attached hydrogen (secondary N) is 1. The number of nitrogens with zero attached hydrogens (tertiary/aromatic N) is 3. The fraction of sp³-hybridized carbons (Fsp3) is 0.133. The first-order valence-corrected chi connectivity index (χ1v) is 8.77. The standard InChI is InChI=1S/C15H11F3N4OS2/c16-15(17,18)23-12-6-4-10(5-7-12)20-13-21-22-14(25-13)24-9-11-3-1-2-8-19-11/h1-8H,9H2,(H,20,21). The van der Waals surface area contributed by atoms with Crippen LogP contribution in [0.15, 0.2) is 53.0 Å². The average molecular weight is 384 g/mol. The molecule has 0 bridgehead atoms. The molecule has 0 amide bonds. The maximum atomic E-state index is 12.1. The van der Waals surface area contributed by atoms with Crippen LogP contribution in [-0.2, 0) is 5.75 Å². The first-order chi connectivity index (χ1) is 12.0. The number of ether oxygens (including phenoxy) is 1. The average Bonchev–Trinajstić information content (AvgIpc) is 3.02. The van der Waals surface area contributed by atoms with Crippen LogP contribution in [0, 0.1) is 0 Å². The van der Waals surface area contributed by atoms with Gasteiger partial charge in [0.25, 0.3) is 0 Å². The molecule has 0 radical (unpaired) electrons. The van der Waals surface area contributed by atoms with E-state index in [2.05, 4.69) is 25.2 Å². The van der Waals surface area contributed by atoms with E-state index in [9.17, 15) is 13.2 Å². The maximum absolute atomic E-state index is 12.1. The lowest BCUT2D eigenvalue weighted by Gasteiger charge is -2.09. The Morgan fingerprint density at radius 1 is 1.08 bits per heavy atom. The van der Waals surface area contributed by atoms with Gasteiger partial charge >= 0.3 is 6.36 Å². The summed E-state index contributed by atoms with van der Waals surface area (Å²) in [5, 5.41) is 11.6. The third kappa shape index (κ3) is 5.61. The highest BCUT2D eigenvalue weighted by Gasteiger charge is 2.30. The van der Waals surface area contributed by atoms with Crippen molar-refractivity contribution in [2.45, 2.75) is 16.5 Å². The molecule has 2 aromatic heterocycles. The summed E-state index contributed by atoms with van der Waals surface area (Å²) in [5.41, 5.74) is 1.53. The van der Waals surface area contributed by atoms with E-state index in [-0.39, 0.29) is 5.75 Å². The Bertz CT molecular complexity index is 810. The van der Waals surface area contributed by atoms with Crippen molar-refractivity contribution in [3.63, 3.8) is 0 Å². The minimum Gasteiger partial charge on any atom is -0.406 e. The van der Waals surface area contributed by atoms with Gasteiger partial charge in [-0.25, -0.2) is 0 Å². The summed E-state index contributed by atoms with van der Waals surface area (Å²) in [6.45, 7) is 0. The molecule has 5 nitrogen and oxygen atoms in total. The van der Waals surface area contributed by atoms with Crippen molar-refractivity contribution in [3.05, 3.63) is 54.4 Å². The fourth-order valence-electron chi connectivity index (χ4n) is 1.80. The van der Waals surface area contributed by atoms with Crippen LogP contribution in [0.25, 0.3) is 0 Å². The number of anilines is 2. The van der Waals surface area contributed by atoms with Gasteiger partial charge in [0.1, 0.15) is 5.75 Å². The monoisotopic (exact) mass is 384 g/mol. The van der Waals surface area contributed by atoms with Crippen molar-refractivity contribution < 1.29 is 17.9 Å². The summed E-state index contributed by atoms with van der Waals surface area (Å²) in [6, 6.07) is 11.1. The van der Waals surface area contributed by atoms with E-state index >= 15 is 0 Å². The second kappa shape index (κ2) is 7.70. The summed E-state index contributed by atoms with van der Waals surface area (Å²) in [7, 11) is 0. The molecule has 25 heavy (non-hydrogen) atoms. The summed E-state index contributed by atoms with van der Waals surface area (Å²) in [4.78, 5) is 4.23. The number of aromatic nitrogens is 3. The summed E-state index contributed by atoms with van der Waals surface area (Å²) >= 11 is 2.86. The van der Waals surface area contributed by atoms with Crippen LogP contribution in [0.4, 0.5) is 24.0 Å². The second-order valence-electron chi connectivity index (χ2n) is 4.68. The predicted molar refractivity (Wildman–Crippen MR) is 90.1 cm³/mol. The van der Waals surface area contributed by atoms with Crippen molar-refractivity contribution >= 4 is 33.9 Å². The van der Waals surface area contributed by atoms with Gasteiger partial charge in [-0.3, -0.25) is 4.98 Å². The van der Waals surface area contributed by atoms with Gasteiger partial charge in [-0.1, -0.05) is 29.2 Å².